The highest BCUT2D eigenvalue weighted by Crippen LogP contribution is 2.12. The van der Waals surface area contributed by atoms with E-state index < -0.39 is 42.3 Å². The molecule has 1 aromatic carbocycles. The zero-order chi connectivity index (χ0) is 22.0. The molecule has 162 valence electrons. The fourth-order valence-corrected chi connectivity index (χ4v) is 2.51. The molecule has 2 amide bonds. The molecule has 9 nitrogen and oxygen atoms in total. The van der Waals surface area contributed by atoms with Gasteiger partial charge in [0.2, 0.25) is 5.91 Å². The first kappa shape index (κ1) is 24.4. The molecule has 0 aromatic heterocycles. The van der Waals surface area contributed by atoms with Crippen molar-refractivity contribution in [3.05, 3.63) is 35.9 Å². The first-order valence-electron chi connectivity index (χ1n) is 9.15. The summed E-state index contributed by atoms with van der Waals surface area (Å²) in [5, 5.41) is 11.6. The van der Waals surface area contributed by atoms with Crippen molar-refractivity contribution in [3.63, 3.8) is 0 Å². The van der Waals surface area contributed by atoms with E-state index in [1.54, 1.807) is 20.8 Å². The van der Waals surface area contributed by atoms with Gasteiger partial charge < -0.3 is 29.5 Å². The highest BCUT2D eigenvalue weighted by molar-refractivity contribution is 5.89. The van der Waals surface area contributed by atoms with Gasteiger partial charge in [-0.2, -0.15) is 0 Å². The van der Waals surface area contributed by atoms with Crippen molar-refractivity contribution in [2.24, 2.45) is 0 Å². The molecule has 0 aliphatic heterocycles. The zero-order valence-corrected chi connectivity index (χ0v) is 17.5. The number of hydrogen-bond donors (Lipinski definition) is 2. The Balaban J connectivity index is 3.06. The molecule has 1 aromatic rings. The van der Waals surface area contributed by atoms with E-state index in [0.717, 1.165) is 5.56 Å². The Labute approximate surface area is 170 Å². The minimum atomic E-state index is -1.31. The van der Waals surface area contributed by atoms with Gasteiger partial charge in [-0.15, -0.1) is 0 Å². The van der Waals surface area contributed by atoms with Crippen molar-refractivity contribution < 1.29 is 33.7 Å². The molecule has 0 bridgehead atoms. The maximum Gasteiger partial charge on any atom is 0.408 e. The summed E-state index contributed by atoms with van der Waals surface area (Å²) < 4.78 is 15.5. The summed E-state index contributed by atoms with van der Waals surface area (Å²) in [6.07, 6.45) is -2.17. The van der Waals surface area contributed by atoms with Gasteiger partial charge in [0.05, 0.1) is 13.0 Å². The molecule has 29 heavy (non-hydrogen) atoms. The standard InChI is InChI=1S/C20H30N2O7/c1-20(2,3)29-19(26)21-15(11-16(23)24)18(25)22(13-17(27-4)28-5)12-14-9-7-6-8-10-14/h6-10,15,17H,11-13H2,1-5H3,(H,21,26)(H,23,24)/t15-/m1/s1. The second-order valence-electron chi connectivity index (χ2n) is 7.40. The monoisotopic (exact) mass is 410 g/mol. The summed E-state index contributed by atoms with van der Waals surface area (Å²) in [6, 6.07) is 7.87. The molecule has 0 aliphatic rings. The molecule has 1 rings (SSSR count). The lowest BCUT2D eigenvalue weighted by atomic mass is 10.1. The van der Waals surface area contributed by atoms with Crippen LogP contribution in [0.3, 0.4) is 0 Å². The van der Waals surface area contributed by atoms with Crippen LogP contribution in [0.5, 0.6) is 0 Å². The van der Waals surface area contributed by atoms with Crippen LogP contribution in [0, 0.1) is 0 Å². The number of rotatable bonds is 10. The van der Waals surface area contributed by atoms with Crippen molar-refractivity contribution in [3.8, 4) is 0 Å². The number of carboxylic acids is 1. The Morgan fingerprint density at radius 1 is 1.10 bits per heavy atom. The Morgan fingerprint density at radius 2 is 1.69 bits per heavy atom. The largest absolute Gasteiger partial charge is 0.481 e. The quantitative estimate of drug-likeness (QED) is 0.567. The number of amides is 2. The van der Waals surface area contributed by atoms with Crippen molar-refractivity contribution in [1.82, 2.24) is 10.2 Å². The van der Waals surface area contributed by atoms with Crippen molar-refractivity contribution in [2.75, 3.05) is 20.8 Å². The summed E-state index contributed by atoms with van der Waals surface area (Å²) in [5.74, 6) is -1.81. The molecule has 0 radical (unpaired) electrons. The molecular formula is C20H30N2O7. The lowest BCUT2D eigenvalue weighted by Crippen LogP contribution is -2.52. The van der Waals surface area contributed by atoms with Crippen LogP contribution in [0.4, 0.5) is 4.79 Å². The molecule has 0 saturated carbocycles. The van der Waals surface area contributed by atoms with E-state index >= 15 is 0 Å². The first-order chi connectivity index (χ1) is 13.6. The number of benzene rings is 1. The summed E-state index contributed by atoms with van der Waals surface area (Å²) in [6.45, 7) is 5.25. The molecule has 0 fully saturated rings. The second-order valence-corrected chi connectivity index (χ2v) is 7.40. The SMILES string of the molecule is COC(CN(Cc1ccccc1)C(=O)[C@@H](CC(=O)O)NC(=O)OC(C)(C)C)OC. The normalized spacial score (nSPS) is 12.3. The number of alkyl carbamates (subject to hydrolysis) is 1. The van der Waals surface area contributed by atoms with Crippen molar-refractivity contribution in [1.29, 1.82) is 0 Å². The Morgan fingerprint density at radius 3 is 2.17 bits per heavy atom. The van der Waals surface area contributed by atoms with Gasteiger partial charge in [-0.25, -0.2) is 4.79 Å². The van der Waals surface area contributed by atoms with Gasteiger partial charge in [0.15, 0.2) is 6.29 Å². The van der Waals surface area contributed by atoms with Gasteiger partial charge in [0, 0.05) is 20.8 Å². The minimum absolute atomic E-state index is 0.0485. The maximum atomic E-state index is 13.1. The number of ether oxygens (including phenoxy) is 3. The number of carboxylic acid groups (broad SMARTS) is 1. The van der Waals surface area contributed by atoms with Gasteiger partial charge in [0.25, 0.3) is 0 Å². The van der Waals surface area contributed by atoms with E-state index in [2.05, 4.69) is 5.32 Å². The van der Waals surface area contributed by atoms with Crippen LogP contribution in [0.1, 0.15) is 32.8 Å². The number of nitrogens with zero attached hydrogens (tertiary/aromatic N) is 1. The Hall–Kier alpha value is -2.65. The highest BCUT2D eigenvalue weighted by atomic mass is 16.7. The van der Waals surface area contributed by atoms with Crippen LogP contribution < -0.4 is 5.32 Å². The molecule has 0 spiro atoms. The third-order valence-electron chi connectivity index (χ3n) is 3.79. The van der Waals surface area contributed by atoms with E-state index in [4.69, 9.17) is 14.2 Å². The van der Waals surface area contributed by atoms with Crippen LogP contribution in [0.2, 0.25) is 0 Å². The topological polar surface area (TPSA) is 114 Å². The second kappa shape index (κ2) is 11.4. The fraction of sp³-hybridized carbons (Fsp3) is 0.550. The molecule has 1 atom stereocenters. The molecule has 9 heteroatoms. The average molecular weight is 410 g/mol. The van der Waals surface area contributed by atoms with E-state index in [9.17, 15) is 19.5 Å². The number of carbonyl (C=O) groups is 3. The first-order valence-corrected chi connectivity index (χ1v) is 9.15. The number of hydrogen-bond acceptors (Lipinski definition) is 6. The van der Waals surface area contributed by atoms with Gasteiger partial charge >= 0.3 is 12.1 Å². The third kappa shape index (κ3) is 9.40. The number of nitrogens with one attached hydrogen (secondary N) is 1. The number of methoxy groups -OCH3 is 2. The minimum Gasteiger partial charge on any atom is -0.481 e. The number of carbonyl (C=O) groups excluding carboxylic acids is 2. The number of aliphatic carboxylic acids is 1. The Kier molecular flexibility index (Phi) is 9.57. The van der Waals surface area contributed by atoms with Crippen LogP contribution in [-0.4, -0.2) is 66.7 Å². The lowest BCUT2D eigenvalue weighted by Gasteiger charge is -2.30. The van der Waals surface area contributed by atoms with E-state index in [0.29, 0.717) is 0 Å². The molecule has 0 unspecified atom stereocenters. The van der Waals surface area contributed by atoms with Gasteiger partial charge in [-0.1, -0.05) is 30.3 Å². The van der Waals surface area contributed by atoms with Gasteiger partial charge in [-0.05, 0) is 26.3 Å². The van der Waals surface area contributed by atoms with Crippen LogP contribution in [0.25, 0.3) is 0 Å². The molecular weight excluding hydrogens is 380 g/mol. The van der Waals surface area contributed by atoms with E-state index in [1.165, 1.54) is 19.1 Å². The molecule has 0 heterocycles. The van der Waals surface area contributed by atoms with Crippen LogP contribution in [-0.2, 0) is 30.3 Å². The average Bonchev–Trinajstić information content (AvgIpc) is 2.63. The third-order valence-corrected chi connectivity index (χ3v) is 3.79. The zero-order valence-electron chi connectivity index (χ0n) is 17.5. The van der Waals surface area contributed by atoms with E-state index in [-0.39, 0.29) is 13.1 Å². The smallest absolute Gasteiger partial charge is 0.408 e. The summed E-state index contributed by atoms with van der Waals surface area (Å²) in [4.78, 5) is 37.9. The summed E-state index contributed by atoms with van der Waals surface area (Å²) in [5.41, 5.74) is 0.0418. The van der Waals surface area contributed by atoms with Crippen LogP contribution in [0.15, 0.2) is 30.3 Å². The molecule has 0 saturated heterocycles. The van der Waals surface area contributed by atoms with Crippen molar-refractivity contribution >= 4 is 18.0 Å². The fourth-order valence-electron chi connectivity index (χ4n) is 2.51. The predicted molar refractivity (Wildman–Crippen MR) is 105 cm³/mol. The summed E-state index contributed by atoms with van der Waals surface area (Å²) in [7, 11) is 2.88. The van der Waals surface area contributed by atoms with Crippen molar-refractivity contribution in [2.45, 2.75) is 51.7 Å². The van der Waals surface area contributed by atoms with Crippen LogP contribution >= 0.6 is 0 Å². The van der Waals surface area contributed by atoms with E-state index in [1.807, 2.05) is 30.3 Å². The molecule has 2 N–H and O–H groups in total. The van der Waals surface area contributed by atoms with Gasteiger partial charge in [-0.3, -0.25) is 9.59 Å². The maximum absolute atomic E-state index is 13.1. The van der Waals surface area contributed by atoms with Gasteiger partial charge in [0.1, 0.15) is 11.6 Å². The Bertz CT molecular complexity index is 669. The lowest BCUT2D eigenvalue weighted by molar-refractivity contribution is -0.151. The highest BCUT2D eigenvalue weighted by Gasteiger charge is 2.31. The summed E-state index contributed by atoms with van der Waals surface area (Å²) >= 11 is 0. The predicted octanol–water partition coefficient (Wildman–Crippen LogP) is 2.00. The molecule has 0 aliphatic carbocycles.